The highest BCUT2D eigenvalue weighted by atomic mass is 16.8. The number of hydrogen-bond acceptors (Lipinski definition) is 5. The summed E-state index contributed by atoms with van der Waals surface area (Å²) in [6, 6.07) is 6.61. The number of aliphatic hydroxyl groups excluding tert-OH is 1. The Hall–Kier alpha value is -2.08. The molecule has 100 valence electrons. The highest BCUT2D eigenvalue weighted by Crippen LogP contribution is 2.17. The highest BCUT2D eigenvalue weighted by Gasteiger charge is 2.00. The van der Waals surface area contributed by atoms with Crippen LogP contribution in [0, 0.1) is 5.21 Å². The molecule has 1 heterocycles. The number of aliphatic hydroxyl groups is 1. The molecule has 1 aliphatic rings. The van der Waals surface area contributed by atoms with E-state index in [-0.39, 0.29) is 17.5 Å². The molecule has 2 N–H and O–H groups in total. The maximum absolute atomic E-state index is 10.7. The van der Waals surface area contributed by atoms with Crippen molar-refractivity contribution < 1.29 is 10.3 Å². The average molecular weight is 259 g/mol. The fraction of sp³-hybridized carbons (Fsp3) is 0.143. The number of benzene rings is 1. The fourth-order valence-corrected chi connectivity index (χ4v) is 1.72. The minimum absolute atomic E-state index is 0.113. The lowest BCUT2D eigenvalue weighted by Crippen LogP contribution is -2.15. The first-order valence-corrected chi connectivity index (χ1v) is 5.90. The summed E-state index contributed by atoms with van der Waals surface area (Å²) in [4.78, 5) is 1.89. The average Bonchev–Trinajstić information content (AvgIpc) is 2.42. The van der Waals surface area contributed by atoms with E-state index in [2.05, 4.69) is 0 Å². The lowest BCUT2D eigenvalue weighted by molar-refractivity contribution is 0.263. The van der Waals surface area contributed by atoms with Crippen molar-refractivity contribution in [2.24, 2.45) is 0 Å². The molecule has 0 spiro atoms. The number of anilines is 1. The molecule has 1 aliphatic heterocycles. The quantitative estimate of drug-likeness (QED) is 0.810. The topological polar surface area (TPSA) is 70.0 Å². The minimum atomic E-state index is -0.163. The summed E-state index contributed by atoms with van der Waals surface area (Å²) in [6.45, 7) is 0.687. The summed E-state index contributed by atoms with van der Waals surface area (Å²) in [5.74, 6) is 0. The summed E-state index contributed by atoms with van der Waals surface area (Å²) in [7, 11) is 0. The van der Waals surface area contributed by atoms with Gasteiger partial charge in [-0.3, -0.25) is 5.21 Å². The lowest BCUT2D eigenvalue weighted by Gasteiger charge is -2.21. The molecule has 0 aromatic heterocycles. The number of hydrogen-bond donors (Lipinski definition) is 2. The van der Waals surface area contributed by atoms with E-state index in [0.29, 0.717) is 6.54 Å². The summed E-state index contributed by atoms with van der Waals surface area (Å²) < 4.78 is 0. The zero-order valence-electron chi connectivity index (χ0n) is 10.3. The van der Waals surface area contributed by atoms with Gasteiger partial charge in [0.05, 0.1) is 12.3 Å². The van der Waals surface area contributed by atoms with Crippen molar-refractivity contribution in [3.63, 3.8) is 0 Å². The van der Waals surface area contributed by atoms with Gasteiger partial charge in [-0.05, 0) is 41.5 Å². The maximum atomic E-state index is 10.7. The molecule has 0 aliphatic carbocycles. The van der Waals surface area contributed by atoms with Crippen LogP contribution in [0.1, 0.15) is 5.56 Å². The normalized spacial score (nSPS) is 13.8. The van der Waals surface area contributed by atoms with Crippen LogP contribution in [0.4, 0.5) is 5.69 Å². The van der Waals surface area contributed by atoms with Crippen LogP contribution in [-0.2, 0) is 0 Å². The molecule has 0 saturated carbocycles. The van der Waals surface area contributed by atoms with Crippen LogP contribution in [0.2, 0.25) is 0 Å². The molecule has 0 saturated heterocycles. The van der Waals surface area contributed by atoms with Crippen LogP contribution in [0.3, 0.4) is 0 Å². The summed E-state index contributed by atoms with van der Waals surface area (Å²) in [5, 5.41) is 28.0. The van der Waals surface area contributed by atoms with Gasteiger partial charge in [-0.2, -0.15) is 0 Å². The Morgan fingerprint density at radius 3 is 2.32 bits per heavy atom. The van der Waals surface area contributed by atoms with Gasteiger partial charge in [0.1, 0.15) is 0 Å². The Morgan fingerprint density at radius 2 is 1.79 bits per heavy atom. The predicted molar refractivity (Wildman–Crippen MR) is 74.1 cm³/mol. The molecule has 5 nitrogen and oxygen atoms in total. The molecule has 0 radical (unpaired) electrons. The fourth-order valence-electron chi connectivity index (χ4n) is 1.72. The number of nitrogens with zero attached hydrogens (tertiary/aromatic N) is 2. The second-order valence-corrected chi connectivity index (χ2v) is 4.10. The molecule has 0 bridgehead atoms. The molecule has 1 aromatic rings. The Kier molecular flexibility index (Phi) is 4.35. The third kappa shape index (κ3) is 3.69. The number of β-amino-alcohol motifs (C(OH)–C–C–N with tert-alkyl or cyclic N) is 1. The van der Waals surface area contributed by atoms with Crippen molar-refractivity contribution in [3.05, 3.63) is 65.2 Å². The minimum Gasteiger partial charge on any atom is -0.733 e. The first kappa shape index (κ1) is 13.4. The molecule has 0 fully saturated rings. The summed E-state index contributed by atoms with van der Waals surface area (Å²) >= 11 is 0. The standard InChI is InChI=1S/C14H15N2O3/c17-10-9-15-7-5-13(6-8-15)11-12-1-3-14(4-2-12)16(18)19/h1-8,11,17-18H,9-10H2/q-1. The van der Waals surface area contributed by atoms with Crippen LogP contribution in [0.15, 0.2) is 54.4 Å². The Balaban J connectivity index is 2.06. The van der Waals surface area contributed by atoms with Gasteiger partial charge < -0.3 is 20.4 Å². The Bertz CT molecular complexity index is 488. The van der Waals surface area contributed by atoms with E-state index in [1.807, 2.05) is 35.5 Å². The van der Waals surface area contributed by atoms with Gasteiger partial charge in [-0.1, -0.05) is 12.1 Å². The monoisotopic (exact) mass is 259 g/mol. The Morgan fingerprint density at radius 1 is 1.16 bits per heavy atom. The van der Waals surface area contributed by atoms with E-state index in [1.165, 1.54) is 0 Å². The third-order valence-electron chi connectivity index (χ3n) is 2.72. The van der Waals surface area contributed by atoms with Gasteiger partial charge in [-0.25, -0.2) is 0 Å². The third-order valence-corrected chi connectivity index (χ3v) is 2.72. The molecule has 5 heteroatoms. The van der Waals surface area contributed by atoms with Gasteiger partial charge in [0.2, 0.25) is 0 Å². The van der Waals surface area contributed by atoms with E-state index in [4.69, 9.17) is 10.3 Å². The molecule has 0 amide bonds. The number of allylic oxidation sites excluding steroid dienone is 3. The second kappa shape index (κ2) is 6.19. The molecular weight excluding hydrogens is 244 g/mol. The van der Waals surface area contributed by atoms with E-state index >= 15 is 0 Å². The van der Waals surface area contributed by atoms with Gasteiger partial charge in [0, 0.05) is 18.9 Å². The summed E-state index contributed by atoms with van der Waals surface area (Å²) in [5.41, 5.74) is 2.15. The van der Waals surface area contributed by atoms with E-state index in [9.17, 15) is 5.21 Å². The largest absolute Gasteiger partial charge is 0.733 e. The molecule has 0 atom stereocenters. The molecule has 19 heavy (non-hydrogen) atoms. The van der Waals surface area contributed by atoms with Crippen LogP contribution < -0.4 is 5.23 Å². The maximum Gasteiger partial charge on any atom is 0.0610 e. The SMILES string of the molecule is [O-]N(O)c1ccc(C=C2C=CN(CCO)C=C2)cc1. The van der Waals surface area contributed by atoms with Crippen molar-refractivity contribution in [2.45, 2.75) is 0 Å². The first-order chi connectivity index (χ1) is 9.19. The molecular formula is C14H15N2O3-. The van der Waals surface area contributed by atoms with Crippen molar-refractivity contribution in [3.8, 4) is 0 Å². The van der Waals surface area contributed by atoms with Crippen molar-refractivity contribution in [2.75, 3.05) is 18.4 Å². The molecule has 0 unspecified atom stereocenters. The van der Waals surface area contributed by atoms with E-state index < -0.39 is 0 Å². The van der Waals surface area contributed by atoms with Crippen LogP contribution in [0.25, 0.3) is 6.08 Å². The first-order valence-electron chi connectivity index (χ1n) is 5.90. The molecule has 1 aromatic carbocycles. The zero-order chi connectivity index (χ0) is 13.7. The Labute approximate surface area is 111 Å². The van der Waals surface area contributed by atoms with Crippen molar-refractivity contribution in [1.82, 2.24) is 4.90 Å². The zero-order valence-corrected chi connectivity index (χ0v) is 10.3. The van der Waals surface area contributed by atoms with Gasteiger partial charge in [0.15, 0.2) is 0 Å². The van der Waals surface area contributed by atoms with Gasteiger partial charge in [0.25, 0.3) is 0 Å². The smallest absolute Gasteiger partial charge is 0.0610 e. The van der Waals surface area contributed by atoms with Crippen LogP contribution in [0.5, 0.6) is 0 Å². The van der Waals surface area contributed by atoms with Crippen molar-refractivity contribution >= 4 is 11.8 Å². The summed E-state index contributed by atoms with van der Waals surface area (Å²) in [6.07, 6.45) is 9.62. The molecule has 2 rings (SSSR count). The van der Waals surface area contributed by atoms with Crippen LogP contribution >= 0.6 is 0 Å². The predicted octanol–water partition coefficient (Wildman–Crippen LogP) is 2.10. The van der Waals surface area contributed by atoms with Crippen LogP contribution in [-0.4, -0.2) is 28.4 Å². The van der Waals surface area contributed by atoms with Crippen molar-refractivity contribution in [1.29, 1.82) is 0 Å². The van der Waals surface area contributed by atoms with E-state index in [1.54, 1.807) is 24.3 Å². The van der Waals surface area contributed by atoms with Gasteiger partial charge in [-0.15, -0.1) is 0 Å². The lowest BCUT2D eigenvalue weighted by atomic mass is 10.1. The van der Waals surface area contributed by atoms with E-state index in [0.717, 1.165) is 11.1 Å². The second-order valence-electron chi connectivity index (χ2n) is 4.10. The highest BCUT2D eigenvalue weighted by molar-refractivity contribution is 5.62. The van der Waals surface area contributed by atoms with Gasteiger partial charge >= 0.3 is 0 Å². The number of rotatable bonds is 4.